The lowest BCUT2D eigenvalue weighted by Crippen LogP contribution is -2.51. The van der Waals surface area contributed by atoms with Crippen LogP contribution >= 0.6 is 0 Å². The molecule has 2 aromatic rings. The summed E-state index contributed by atoms with van der Waals surface area (Å²) in [6.07, 6.45) is -0.445. The number of hydrogen-bond donors (Lipinski definition) is 4. The van der Waals surface area contributed by atoms with Gasteiger partial charge in [0, 0.05) is 6.54 Å². The molecule has 2 amide bonds. The lowest BCUT2D eigenvalue weighted by Gasteiger charge is -2.21. The van der Waals surface area contributed by atoms with Crippen LogP contribution in [-0.2, 0) is 32.3 Å². The first-order valence-electron chi connectivity index (χ1n) is 11.4. The van der Waals surface area contributed by atoms with Crippen LogP contribution in [0.4, 0.5) is 4.79 Å². The minimum absolute atomic E-state index is 0.00132. The standard InChI is InChI=1S/C24H30N6O7/c1-17(22(32)36-15-18-9-4-2-5-10-18)27-21(31)20(13-8-14-26-23(25)29-30(34)35)28-24(33)37-16-19-11-6-3-7-12-19/h2-7,9-12,17,20H,8,13-16H2,1H3,(H,27,31)(H,28,33)(H3,25,26,29)/t17-,20+/m1/s1. The molecule has 0 spiro atoms. The Morgan fingerprint density at radius 1 is 0.973 bits per heavy atom. The third kappa shape index (κ3) is 11.5. The Labute approximate surface area is 213 Å². The highest BCUT2D eigenvalue weighted by molar-refractivity contribution is 5.89. The van der Waals surface area contributed by atoms with E-state index < -0.39 is 41.0 Å². The minimum Gasteiger partial charge on any atom is -0.459 e. The molecule has 2 aromatic carbocycles. The van der Waals surface area contributed by atoms with Crippen molar-refractivity contribution in [1.29, 1.82) is 0 Å². The molecule has 13 heteroatoms. The van der Waals surface area contributed by atoms with Gasteiger partial charge in [0.25, 0.3) is 5.96 Å². The van der Waals surface area contributed by atoms with E-state index in [4.69, 9.17) is 15.2 Å². The zero-order chi connectivity index (χ0) is 27.0. The molecule has 5 N–H and O–H groups in total. The van der Waals surface area contributed by atoms with E-state index in [9.17, 15) is 24.5 Å². The van der Waals surface area contributed by atoms with Crippen LogP contribution in [0.15, 0.2) is 65.8 Å². The number of nitrogens with zero attached hydrogens (tertiary/aromatic N) is 2. The van der Waals surface area contributed by atoms with Gasteiger partial charge in [0.1, 0.15) is 30.4 Å². The van der Waals surface area contributed by atoms with E-state index in [-0.39, 0.29) is 32.6 Å². The topological polar surface area (TPSA) is 187 Å². The predicted octanol–water partition coefficient (Wildman–Crippen LogP) is 1.41. The van der Waals surface area contributed by atoms with E-state index in [0.29, 0.717) is 0 Å². The molecule has 0 unspecified atom stereocenters. The molecular weight excluding hydrogens is 484 g/mol. The first kappa shape index (κ1) is 28.6. The average molecular weight is 515 g/mol. The number of amides is 2. The molecule has 0 aromatic heterocycles. The van der Waals surface area contributed by atoms with Gasteiger partial charge >= 0.3 is 12.1 Å². The number of nitrogens with one attached hydrogen (secondary N) is 3. The Bertz CT molecular complexity index is 1070. The third-order valence-corrected chi connectivity index (χ3v) is 4.92. The number of esters is 1. The van der Waals surface area contributed by atoms with Crippen molar-refractivity contribution in [2.75, 3.05) is 6.54 Å². The number of nitrogens with two attached hydrogens (primary N) is 1. The Morgan fingerprint density at radius 2 is 1.54 bits per heavy atom. The number of carbonyl (C=O) groups is 3. The highest BCUT2D eigenvalue weighted by Gasteiger charge is 2.25. The van der Waals surface area contributed by atoms with E-state index in [1.165, 1.54) is 6.92 Å². The summed E-state index contributed by atoms with van der Waals surface area (Å²) in [6, 6.07) is 16.0. The van der Waals surface area contributed by atoms with Crippen LogP contribution in [0.2, 0.25) is 0 Å². The second-order valence-electron chi connectivity index (χ2n) is 7.87. The monoisotopic (exact) mass is 514 g/mol. The lowest BCUT2D eigenvalue weighted by atomic mass is 10.1. The summed E-state index contributed by atoms with van der Waals surface area (Å²) in [7, 11) is 0. The summed E-state index contributed by atoms with van der Waals surface area (Å²) in [5.41, 5.74) is 6.93. The summed E-state index contributed by atoms with van der Waals surface area (Å²) in [6.45, 7) is 1.65. The molecule has 2 rings (SSSR count). The van der Waals surface area contributed by atoms with Crippen molar-refractivity contribution in [2.45, 2.75) is 45.1 Å². The van der Waals surface area contributed by atoms with Crippen molar-refractivity contribution in [3.63, 3.8) is 0 Å². The van der Waals surface area contributed by atoms with Crippen molar-refractivity contribution in [3.05, 3.63) is 81.9 Å². The number of carbonyl (C=O) groups excluding carboxylic acids is 3. The molecule has 0 bridgehead atoms. The van der Waals surface area contributed by atoms with Crippen molar-refractivity contribution in [1.82, 2.24) is 16.0 Å². The Kier molecular flexibility index (Phi) is 11.8. The maximum Gasteiger partial charge on any atom is 0.408 e. The van der Waals surface area contributed by atoms with E-state index in [2.05, 4.69) is 21.1 Å². The average Bonchev–Trinajstić information content (AvgIpc) is 2.88. The zero-order valence-corrected chi connectivity index (χ0v) is 20.3. The highest BCUT2D eigenvalue weighted by Crippen LogP contribution is 2.05. The molecule has 13 nitrogen and oxygen atoms in total. The van der Waals surface area contributed by atoms with E-state index in [0.717, 1.165) is 11.1 Å². The third-order valence-electron chi connectivity index (χ3n) is 4.92. The number of guanidine groups is 1. The number of hydrazone groups is 1. The molecular formula is C24H30N6O7. The van der Waals surface area contributed by atoms with E-state index >= 15 is 0 Å². The second-order valence-corrected chi connectivity index (χ2v) is 7.87. The molecule has 0 fully saturated rings. The summed E-state index contributed by atoms with van der Waals surface area (Å²) in [5.74, 6) is -1.67. The fourth-order valence-corrected chi connectivity index (χ4v) is 3.05. The maximum absolute atomic E-state index is 12.9. The quantitative estimate of drug-likeness (QED) is 0.0765. The normalized spacial score (nSPS) is 12.5. The number of ether oxygens (including phenoxy) is 2. The number of nitro groups is 1. The van der Waals surface area contributed by atoms with Gasteiger partial charge in [0.05, 0.1) is 0 Å². The highest BCUT2D eigenvalue weighted by atomic mass is 16.7. The van der Waals surface area contributed by atoms with Gasteiger partial charge in [-0.25, -0.2) is 19.7 Å². The van der Waals surface area contributed by atoms with Gasteiger partial charge < -0.3 is 31.2 Å². The first-order valence-corrected chi connectivity index (χ1v) is 11.4. The number of hydrogen-bond acceptors (Lipinski definition) is 7. The van der Waals surface area contributed by atoms with Crippen molar-refractivity contribution >= 4 is 23.9 Å². The minimum atomic E-state index is -1.07. The molecule has 0 aliphatic rings. The van der Waals surface area contributed by atoms with Gasteiger partial charge in [0.2, 0.25) is 5.91 Å². The molecule has 2 atom stereocenters. The van der Waals surface area contributed by atoms with Gasteiger partial charge in [-0.1, -0.05) is 60.7 Å². The molecule has 0 saturated carbocycles. The van der Waals surface area contributed by atoms with Crippen LogP contribution in [0.3, 0.4) is 0 Å². The Hall–Kier alpha value is -4.68. The zero-order valence-electron chi connectivity index (χ0n) is 20.3. The van der Waals surface area contributed by atoms with E-state index in [1.54, 1.807) is 36.4 Å². The molecule has 198 valence electrons. The molecule has 37 heavy (non-hydrogen) atoms. The molecule has 0 saturated heterocycles. The fourth-order valence-electron chi connectivity index (χ4n) is 3.05. The van der Waals surface area contributed by atoms with Crippen molar-refractivity contribution < 1.29 is 28.9 Å². The van der Waals surface area contributed by atoms with Gasteiger partial charge in [-0.05, 0) is 30.9 Å². The van der Waals surface area contributed by atoms with Crippen molar-refractivity contribution in [3.8, 4) is 0 Å². The predicted molar refractivity (Wildman–Crippen MR) is 133 cm³/mol. The molecule has 0 aliphatic heterocycles. The lowest BCUT2D eigenvalue weighted by molar-refractivity contribution is -0.485. The van der Waals surface area contributed by atoms with E-state index in [1.807, 2.05) is 24.3 Å². The summed E-state index contributed by atoms with van der Waals surface area (Å²) >= 11 is 0. The summed E-state index contributed by atoms with van der Waals surface area (Å²) < 4.78 is 10.4. The Balaban J connectivity index is 1.92. The summed E-state index contributed by atoms with van der Waals surface area (Å²) in [4.78, 5) is 47.9. The van der Waals surface area contributed by atoms with Crippen LogP contribution < -0.4 is 21.7 Å². The van der Waals surface area contributed by atoms with Gasteiger partial charge in [-0.3, -0.25) is 4.79 Å². The second kappa shape index (κ2) is 15.3. The smallest absolute Gasteiger partial charge is 0.408 e. The van der Waals surface area contributed by atoms with Crippen LogP contribution in [0, 0.1) is 10.1 Å². The fraction of sp³-hybridized carbons (Fsp3) is 0.333. The van der Waals surface area contributed by atoms with Crippen molar-refractivity contribution in [2.24, 2.45) is 10.8 Å². The molecule has 0 radical (unpaired) electrons. The number of alkyl carbamates (subject to hydrolysis) is 1. The van der Waals surface area contributed by atoms with Crippen LogP contribution in [0.5, 0.6) is 0 Å². The Morgan fingerprint density at radius 3 is 2.11 bits per heavy atom. The molecule has 0 heterocycles. The van der Waals surface area contributed by atoms with Crippen LogP contribution in [0.25, 0.3) is 0 Å². The van der Waals surface area contributed by atoms with Crippen LogP contribution in [0.1, 0.15) is 30.9 Å². The SMILES string of the molecule is C[C@@H](NC(=O)[C@H](CCCN/C(N)=N/[N+](=O)[O-])NC(=O)OCc1ccccc1)C(=O)OCc1ccccc1. The van der Waals surface area contributed by atoms with Crippen LogP contribution in [-0.4, -0.2) is 47.6 Å². The van der Waals surface area contributed by atoms with Gasteiger partial charge in [-0.15, -0.1) is 0 Å². The first-order chi connectivity index (χ1) is 17.7. The number of benzene rings is 2. The van der Waals surface area contributed by atoms with Gasteiger partial charge in [0.15, 0.2) is 5.03 Å². The molecule has 0 aliphatic carbocycles. The maximum atomic E-state index is 12.9. The largest absolute Gasteiger partial charge is 0.459 e. The number of rotatable bonds is 13. The van der Waals surface area contributed by atoms with Gasteiger partial charge in [-0.2, -0.15) is 0 Å². The summed E-state index contributed by atoms with van der Waals surface area (Å²) in [5, 5.41) is 19.9.